The molecule has 5 nitrogen and oxygen atoms in total. The van der Waals surface area contributed by atoms with Crippen molar-refractivity contribution in [2.75, 3.05) is 12.8 Å². The number of nitrogens with two attached hydrogens (primary N) is 1. The molecule has 0 saturated heterocycles. The van der Waals surface area contributed by atoms with Gasteiger partial charge in [-0.25, -0.2) is 4.79 Å². The van der Waals surface area contributed by atoms with Crippen LogP contribution in [0.2, 0.25) is 5.02 Å². The van der Waals surface area contributed by atoms with Gasteiger partial charge < -0.3 is 20.7 Å². The number of nitrogen functional groups attached to an aromatic ring is 1. The number of thioether (sulfide) groups is 1. The quantitative estimate of drug-likeness (QED) is 0.545. The lowest BCUT2D eigenvalue weighted by atomic mass is 10.1. The SMILES string of the molecule is COc1ccc(C(Sc2cc(Cl)ccc2N)C(O)C(=O)O)cc1. The van der Waals surface area contributed by atoms with Crippen molar-refractivity contribution in [2.45, 2.75) is 16.2 Å². The van der Waals surface area contributed by atoms with E-state index >= 15 is 0 Å². The number of methoxy groups -OCH3 is 1. The van der Waals surface area contributed by atoms with Crippen LogP contribution in [0.25, 0.3) is 0 Å². The fourth-order valence-corrected chi connectivity index (χ4v) is 3.43. The van der Waals surface area contributed by atoms with Crippen molar-refractivity contribution in [3.05, 3.63) is 53.1 Å². The molecule has 4 N–H and O–H groups in total. The Morgan fingerprint density at radius 2 is 1.91 bits per heavy atom. The second-order valence-electron chi connectivity index (χ2n) is 4.78. The summed E-state index contributed by atoms with van der Waals surface area (Å²) >= 11 is 7.12. The Labute approximate surface area is 143 Å². The molecule has 2 rings (SSSR count). The van der Waals surface area contributed by atoms with Crippen molar-refractivity contribution in [3.63, 3.8) is 0 Å². The van der Waals surface area contributed by atoms with E-state index in [1.165, 1.54) is 0 Å². The smallest absolute Gasteiger partial charge is 0.334 e. The number of carboxylic acid groups (broad SMARTS) is 1. The van der Waals surface area contributed by atoms with Gasteiger partial charge in [0.25, 0.3) is 0 Å². The Morgan fingerprint density at radius 1 is 1.26 bits per heavy atom. The van der Waals surface area contributed by atoms with Crippen LogP contribution in [-0.4, -0.2) is 29.4 Å². The Bertz CT molecular complexity index is 693. The molecule has 0 amide bonds. The summed E-state index contributed by atoms with van der Waals surface area (Å²) in [5.74, 6) is -0.663. The number of aliphatic hydroxyl groups is 1. The van der Waals surface area contributed by atoms with Crippen LogP contribution in [0.15, 0.2) is 47.4 Å². The second-order valence-corrected chi connectivity index (χ2v) is 6.40. The summed E-state index contributed by atoms with van der Waals surface area (Å²) in [6, 6.07) is 11.8. The van der Waals surface area contributed by atoms with Gasteiger partial charge in [0.2, 0.25) is 0 Å². The minimum atomic E-state index is -1.59. The molecular formula is C16H16ClNO4S. The molecule has 0 fully saturated rings. The van der Waals surface area contributed by atoms with Gasteiger partial charge in [0.05, 0.1) is 12.4 Å². The molecule has 0 spiro atoms. The van der Waals surface area contributed by atoms with Crippen LogP contribution in [0.1, 0.15) is 10.8 Å². The molecule has 0 aliphatic carbocycles. The van der Waals surface area contributed by atoms with Crippen LogP contribution in [0, 0.1) is 0 Å². The molecule has 2 aromatic rings. The topological polar surface area (TPSA) is 92.8 Å². The minimum Gasteiger partial charge on any atom is -0.497 e. The summed E-state index contributed by atoms with van der Waals surface area (Å²) in [5, 5.41) is 19.0. The first-order valence-electron chi connectivity index (χ1n) is 6.69. The number of ether oxygens (including phenoxy) is 1. The molecule has 2 atom stereocenters. The zero-order chi connectivity index (χ0) is 17.0. The van der Waals surface area contributed by atoms with Crippen molar-refractivity contribution in [3.8, 4) is 5.75 Å². The van der Waals surface area contributed by atoms with Gasteiger partial charge in [0.1, 0.15) is 5.75 Å². The Morgan fingerprint density at radius 3 is 2.48 bits per heavy atom. The molecule has 0 aliphatic heterocycles. The summed E-state index contributed by atoms with van der Waals surface area (Å²) in [6.07, 6.45) is -1.59. The highest BCUT2D eigenvalue weighted by Crippen LogP contribution is 2.41. The average Bonchev–Trinajstić information content (AvgIpc) is 2.55. The van der Waals surface area contributed by atoms with Gasteiger partial charge in [-0.2, -0.15) is 0 Å². The third kappa shape index (κ3) is 4.31. The van der Waals surface area contributed by atoms with Gasteiger partial charge in [0, 0.05) is 15.6 Å². The largest absolute Gasteiger partial charge is 0.497 e. The molecule has 0 radical (unpaired) electrons. The van der Waals surface area contributed by atoms with E-state index in [2.05, 4.69) is 0 Å². The molecule has 122 valence electrons. The van der Waals surface area contributed by atoms with Crippen molar-refractivity contribution >= 4 is 35.0 Å². The number of benzene rings is 2. The lowest BCUT2D eigenvalue weighted by molar-refractivity contribution is -0.146. The Hall–Kier alpha value is -1.89. The van der Waals surface area contributed by atoms with E-state index in [-0.39, 0.29) is 0 Å². The lowest BCUT2D eigenvalue weighted by Gasteiger charge is -2.21. The summed E-state index contributed by atoms with van der Waals surface area (Å²) < 4.78 is 5.09. The fourth-order valence-electron chi connectivity index (χ4n) is 1.98. The predicted octanol–water partition coefficient (Wildman–Crippen LogP) is 3.21. The third-order valence-electron chi connectivity index (χ3n) is 3.21. The van der Waals surface area contributed by atoms with Gasteiger partial charge in [-0.3, -0.25) is 0 Å². The Kier molecular flexibility index (Phi) is 5.76. The van der Waals surface area contributed by atoms with Crippen LogP contribution in [0.4, 0.5) is 5.69 Å². The summed E-state index contributed by atoms with van der Waals surface area (Å²) in [7, 11) is 1.54. The summed E-state index contributed by atoms with van der Waals surface area (Å²) in [4.78, 5) is 11.8. The van der Waals surface area contributed by atoms with Crippen LogP contribution in [0.5, 0.6) is 5.75 Å². The summed E-state index contributed by atoms with van der Waals surface area (Å²) in [6.45, 7) is 0. The van der Waals surface area contributed by atoms with Gasteiger partial charge in [0.15, 0.2) is 6.10 Å². The van der Waals surface area contributed by atoms with E-state index in [9.17, 15) is 15.0 Å². The first-order chi connectivity index (χ1) is 10.9. The molecule has 2 unspecified atom stereocenters. The van der Waals surface area contributed by atoms with Crippen LogP contribution in [-0.2, 0) is 4.79 Å². The number of carbonyl (C=O) groups is 1. The maximum Gasteiger partial charge on any atom is 0.334 e. The van der Waals surface area contributed by atoms with Crippen molar-refractivity contribution in [2.24, 2.45) is 0 Å². The molecular weight excluding hydrogens is 338 g/mol. The van der Waals surface area contributed by atoms with Crippen LogP contribution in [0.3, 0.4) is 0 Å². The molecule has 7 heteroatoms. The number of halogens is 1. The molecule has 0 bridgehead atoms. The number of hydrogen-bond donors (Lipinski definition) is 3. The first-order valence-corrected chi connectivity index (χ1v) is 7.94. The van der Waals surface area contributed by atoms with Gasteiger partial charge >= 0.3 is 5.97 Å². The van der Waals surface area contributed by atoms with E-state index in [0.29, 0.717) is 26.9 Å². The molecule has 2 aromatic carbocycles. The zero-order valence-electron chi connectivity index (χ0n) is 12.3. The predicted molar refractivity (Wildman–Crippen MR) is 91.1 cm³/mol. The molecule has 0 saturated carbocycles. The molecule has 0 aliphatic rings. The van der Waals surface area contributed by atoms with Crippen molar-refractivity contribution in [1.29, 1.82) is 0 Å². The fraction of sp³-hybridized carbons (Fsp3) is 0.188. The van der Waals surface area contributed by atoms with Crippen molar-refractivity contribution in [1.82, 2.24) is 0 Å². The highest BCUT2D eigenvalue weighted by Gasteiger charge is 2.29. The van der Waals surface area contributed by atoms with E-state index in [0.717, 1.165) is 11.8 Å². The maximum absolute atomic E-state index is 11.2. The number of aliphatic carboxylic acids is 1. The zero-order valence-corrected chi connectivity index (χ0v) is 13.8. The van der Waals surface area contributed by atoms with E-state index in [4.69, 9.17) is 22.1 Å². The van der Waals surface area contributed by atoms with Crippen LogP contribution >= 0.6 is 23.4 Å². The average molecular weight is 354 g/mol. The Balaban J connectivity index is 2.37. The van der Waals surface area contributed by atoms with Gasteiger partial charge in [-0.05, 0) is 35.9 Å². The lowest BCUT2D eigenvalue weighted by Crippen LogP contribution is -2.26. The van der Waals surface area contributed by atoms with E-state index < -0.39 is 17.3 Å². The van der Waals surface area contributed by atoms with Gasteiger partial charge in [-0.1, -0.05) is 23.7 Å². The standard InChI is InChI=1S/C16H16ClNO4S/c1-22-11-5-2-9(3-6-11)15(14(19)16(20)21)23-13-8-10(17)4-7-12(13)18/h2-8,14-15,19H,18H2,1H3,(H,20,21). The van der Waals surface area contributed by atoms with E-state index in [1.807, 2.05) is 0 Å². The number of hydrogen-bond acceptors (Lipinski definition) is 5. The molecule has 0 heterocycles. The monoisotopic (exact) mass is 353 g/mol. The normalized spacial score (nSPS) is 13.3. The number of rotatable bonds is 6. The number of carboxylic acids is 1. The second kappa shape index (κ2) is 7.59. The van der Waals surface area contributed by atoms with Crippen molar-refractivity contribution < 1.29 is 19.7 Å². The molecule has 23 heavy (non-hydrogen) atoms. The number of aliphatic hydroxyl groups excluding tert-OH is 1. The summed E-state index contributed by atoms with van der Waals surface area (Å²) in [5.41, 5.74) is 7.02. The first kappa shape index (κ1) is 17.5. The third-order valence-corrected chi connectivity index (χ3v) is 4.84. The van der Waals surface area contributed by atoms with E-state index in [1.54, 1.807) is 49.6 Å². The minimum absolute atomic E-state index is 0.468. The highest BCUT2D eigenvalue weighted by atomic mass is 35.5. The highest BCUT2D eigenvalue weighted by molar-refractivity contribution is 7.99. The molecule has 0 aromatic heterocycles. The van der Waals surface area contributed by atoms with Gasteiger partial charge in [-0.15, -0.1) is 11.8 Å². The van der Waals surface area contributed by atoms with Crippen LogP contribution < -0.4 is 10.5 Å². The number of anilines is 1. The maximum atomic E-state index is 11.2.